The molecule has 4 saturated heterocycles. The predicted octanol–water partition coefficient (Wildman–Crippen LogP) is 8.03. The van der Waals surface area contributed by atoms with E-state index in [1.54, 1.807) is 35.2 Å². The van der Waals surface area contributed by atoms with E-state index in [1.807, 2.05) is 98.5 Å². The number of aliphatic hydroxyl groups is 12. The van der Waals surface area contributed by atoms with Gasteiger partial charge in [0.15, 0.2) is 0 Å². The Labute approximate surface area is 849 Å². The minimum Gasteiger partial charge on any atom is -0.444 e. The third kappa shape index (κ3) is 24.5. The summed E-state index contributed by atoms with van der Waals surface area (Å²) in [4.78, 5) is 125. The van der Waals surface area contributed by atoms with Crippen molar-refractivity contribution in [3.05, 3.63) is 285 Å². The highest BCUT2D eigenvalue weighted by molar-refractivity contribution is 5.85. The Kier molecular flexibility index (Phi) is 36.9. The first-order chi connectivity index (χ1) is 70.3. The van der Waals surface area contributed by atoms with Crippen LogP contribution in [0.3, 0.4) is 0 Å². The normalized spacial score (nSPS) is 17.5. The van der Waals surface area contributed by atoms with Crippen LogP contribution in [0.5, 0.6) is 0 Å². The average Bonchev–Trinajstić information content (AvgIpc) is 1.59. The molecule has 0 bridgehead atoms. The van der Waals surface area contributed by atoms with E-state index >= 15 is 0 Å². The van der Waals surface area contributed by atoms with Crippen molar-refractivity contribution >= 4 is 52.5 Å². The number of nitrogens with one attached hydrogen (secondary N) is 5. The maximum absolute atomic E-state index is 13.7. The van der Waals surface area contributed by atoms with Crippen LogP contribution in [0.15, 0.2) is 147 Å². The van der Waals surface area contributed by atoms with Gasteiger partial charge in [-0.3, -0.25) is 38.4 Å². The second kappa shape index (κ2) is 49.3. The van der Waals surface area contributed by atoms with Crippen LogP contribution >= 0.6 is 0 Å². The standard InChI is InChI=1S/C32H36N2O5.C30H39N3O7.C26H33N3O5.C25H31N3O5/c1-20(38)33-29-9-7-23-15-24(17-35)27(18-36)28(19-37)32(23)25-8-10-30(31(39)16-26(25)29)34-13-11-22(12-14-34)21-5-3-2-4-6-21;1-18(37)31-25-7-5-19-13-20(15-34)23(16-35)24(17-36)28(19)21-6-8-26(27(38)14-22(21)25)32-9-11-33(12-10-32)29(39)40-30(2,3)4;1-15(33)28-23-4-2-16-10-17(12-30)21(13-31)22(14-32)26(16)19-3-5-24(25(34)11-20(19)23)29-8-6-18(27)7-9-29;1-15(32)27-22-4-2-16-10-17(12-29)20(13-30)21(14-31)25(16)18-3-5-23(24(33)11-19(18)22)28-8-6-26-7-9-28/h2-6,8,10,15-16,22,29,35-37H,7,9,11-14,17-19H2,1H3,(H,33,38);6,8,13-14,25,34-36H,5,7,9-12,15-17H2,1-4H3,(H,31,37);3,5,10-11,18,23,30-32H,2,4,6-9,12-14,27H2,1H3,(H,28,33);3,5,10-11,22,26,29-31H,2,4,6-9,12-14H2,1H3,(H,27,32). The molecule has 8 aliphatic rings. The van der Waals surface area contributed by atoms with Gasteiger partial charge in [-0.25, -0.2) is 4.79 Å². The van der Waals surface area contributed by atoms with Gasteiger partial charge < -0.3 is 123 Å². The summed E-state index contributed by atoms with van der Waals surface area (Å²) in [6.07, 6.45) is 7.65. The summed E-state index contributed by atoms with van der Waals surface area (Å²) in [5.41, 5.74) is 27.1. The lowest BCUT2D eigenvalue weighted by Gasteiger charge is -2.36. The van der Waals surface area contributed by atoms with Crippen LogP contribution in [-0.4, -0.2) is 186 Å². The summed E-state index contributed by atoms with van der Waals surface area (Å²) in [7, 11) is 0. The number of piperazine rings is 2. The predicted molar refractivity (Wildman–Crippen MR) is 558 cm³/mol. The third-order valence-electron chi connectivity index (χ3n) is 29.5. The zero-order chi connectivity index (χ0) is 105. The zero-order valence-corrected chi connectivity index (χ0v) is 84.3. The summed E-state index contributed by atoms with van der Waals surface area (Å²) < 4.78 is 5.49. The van der Waals surface area contributed by atoms with Gasteiger partial charge in [-0.15, -0.1) is 0 Å². The van der Waals surface area contributed by atoms with Crippen LogP contribution in [0.2, 0.25) is 0 Å². The number of hydrogen-bond donors (Lipinski definition) is 18. The quantitative estimate of drug-likeness (QED) is 0.0323. The molecule has 4 aliphatic heterocycles. The second-order valence-corrected chi connectivity index (χ2v) is 39.7. The number of carbonyl (C=O) groups excluding carboxylic acids is 5. The van der Waals surface area contributed by atoms with Crippen LogP contribution in [0.25, 0.3) is 44.5 Å². The highest BCUT2D eigenvalue weighted by Crippen LogP contribution is 2.48. The van der Waals surface area contributed by atoms with E-state index in [1.165, 1.54) is 33.3 Å². The van der Waals surface area contributed by atoms with E-state index in [2.05, 4.69) is 65.5 Å². The van der Waals surface area contributed by atoms with Crippen LogP contribution in [0.4, 0.5) is 27.5 Å². The molecule has 0 aromatic heterocycles. The molecule has 0 saturated carbocycles. The van der Waals surface area contributed by atoms with Gasteiger partial charge in [-0.05, 0) is 314 Å². The van der Waals surface area contributed by atoms with Gasteiger partial charge >= 0.3 is 6.09 Å². The largest absolute Gasteiger partial charge is 0.444 e. The van der Waals surface area contributed by atoms with Crippen molar-refractivity contribution in [3.8, 4) is 44.5 Å². The molecular weight excluding hydrogens is 1860 g/mol. The number of hydrogen-bond acceptors (Lipinski definition) is 28. The summed E-state index contributed by atoms with van der Waals surface area (Å²) in [5.74, 6) is -0.330. The summed E-state index contributed by atoms with van der Waals surface area (Å²) in [6, 6.07) is 37.7. The molecule has 4 heterocycles. The van der Waals surface area contributed by atoms with Gasteiger partial charge in [0.1, 0.15) is 5.60 Å². The Bertz CT molecular complexity index is 6570. The Hall–Kier alpha value is -12.6. The summed E-state index contributed by atoms with van der Waals surface area (Å²) in [6.45, 7) is 15.3. The van der Waals surface area contributed by atoms with Crippen molar-refractivity contribution in [2.45, 2.75) is 247 Å². The molecule has 9 aromatic carbocycles. The summed E-state index contributed by atoms with van der Waals surface area (Å²) in [5, 5.41) is 137. The van der Waals surface area contributed by atoms with E-state index in [0.717, 1.165) is 121 Å². The first kappa shape index (κ1) is 109. The van der Waals surface area contributed by atoms with Crippen molar-refractivity contribution in [1.29, 1.82) is 0 Å². The second-order valence-electron chi connectivity index (χ2n) is 39.7. The number of fused-ring (bicyclic) bond motifs is 12. The number of piperidine rings is 2. The van der Waals surface area contributed by atoms with Gasteiger partial charge in [0.05, 0.1) is 126 Å². The molecule has 4 unspecified atom stereocenters. The number of ether oxygens (including phenoxy) is 1. The molecule has 146 heavy (non-hydrogen) atoms. The lowest BCUT2D eigenvalue weighted by atomic mass is 9.87. The van der Waals surface area contributed by atoms with Crippen LogP contribution < -0.4 is 73.6 Å². The van der Waals surface area contributed by atoms with E-state index < -0.39 is 11.6 Å². The number of carbonyl (C=O) groups is 5. The fourth-order valence-electron chi connectivity index (χ4n) is 22.5. The molecule has 33 heteroatoms. The smallest absolute Gasteiger partial charge is 0.410 e. The van der Waals surface area contributed by atoms with Gasteiger partial charge in [-0.2, -0.15) is 0 Å². The average molecular weight is 2000 g/mol. The zero-order valence-electron chi connectivity index (χ0n) is 84.3. The topological polar surface area (TPSA) is 508 Å². The van der Waals surface area contributed by atoms with Gasteiger partial charge in [-0.1, -0.05) is 78.9 Å². The molecule has 19 N–H and O–H groups in total. The maximum Gasteiger partial charge on any atom is 0.410 e. The first-order valence-corrected chi connectivity index (χ1v) is 50.6. The Morgan fingerprint density at radius 1 is 0.336 bits per heavy atom. The molecule has 5 amide bonds. The van der Waals surface area contributed by atoms with E-state index in [-0.39, 0.29) is 155 Å². The number of anilines is 4. The molecule has 0 spiro atoms. The number of rotatable bonds is 21. The van der Waals surface area contributed by atoms with Crippen LogP contribution in [-0.2, 0) is 129 Å². The lowest BCUT2D eigenvalue weighted by Crippen LogP contribution is -2.50. The number of aryl methyl sites for hydroxylation is 4. The van der Waals surface area contributed by atoms with Crippen molar-refractivity contribution in [1.82, 2.24) is 31.5 Å². The lowest BCUT2D eigenvalue weighted by molar-refractivity contribution is -0.120. The van der Waals surface area contributed by atoms with Crippen molar-refractivity contribution in [2.24, 2.45) is 5.73 Å². The van der Waals surface area contributed by atoms with Crippen molar-refractivity contribution in [2.75, 3.05) is 98.1 Å². The number of nitrogens with zero attached hydrogens (tertiary/aromatic N) is 5. The minimum absolute atomic E-state index is 0.104. The third-order valence-corrected chi connectivity index (χ3v) is 29.5. The van der Waals surface area contributed by atoms with Crippen molar-refractivity contribution < 1.29 is 90.0 Å². The maximum atomic E-state index is 13.7. The molecule has 4 fully saturated rings. The molecule has 778 valence electrons. The van der Waals surface area contributed by atoms with Crippen LogP contribution in [0, 0.1) is 0 Å². The minimum atomic E-state index is -0.594. The van der Waals surface area contributed by atoms with Gasteiger partial charge in [0.25, 0.3) is 0 Å². The first-order valence-electron chi connectivity index (χ1n) is 50.6. The number of nitrogens with two attached hydrogens (primary N) is 1. The number of aliphatic hydroxyl groups excluding tert-OH is 12. The molecule has 33 nitrogen and oxygen atoms in total. The molecule has 17 rings (SSSR count). The van der Waals surface area contributed by atoms with E-state index in [9.17, 15) is 104 Å². The van der Waals surface area contributed by atoms with Gasteiger partial charge in [0, 0.05) is 112 Å². The molecule has 0 radical (unpaired) electrons. The Balaban J connectivity index is 0.000000154. The Morgan fingerprint density at radius 3 is 0.863 bits per heavy atom. The highest BCUT2D eigenvalue weighted by atomic mass is 16.6. The summed E-state index contributed by atoms with van der Waals surface area (Å²) >= 11 is 0. The van der Waals surface area contributed by atoms with Gasteiger partial charge in [0.2, 0.25) is 45.3 Å². The molecule has 9 aromatic rings. The SMILES string of the molecule is CC(=O)NC1CCc2cc(CO)c(CO)c(CO)c2-c2ccc(N3CCC(N)CC3)c(=O)cc21.CC(=O)NC1CCc2cc(CO)c(CO)c(CO)c2-c2ccc(N3CCC(c4ccccc4)CC3)c(=O)cc21.CC(=O)NC1CCc2cc(CO)c(CO)c(CO)c2-c2ccc(N3CCN(C(=O)OC(C)(C)C)CC3)c(=O)cc21.CC(=O)NC1CCc2cc(CO)c(CO)c(CO)c2-c2ccc(N3CCNCC3)c(=O)cc21. The molecule has 4 aliphatic carbocycles. The van der Waals surface area contributed by atoms with E-state index in [0.29, 0.717) is 219 Å². The number of amides is 5. The highest BCUT2D eigenvalue weighted by Gasteiger charge is 2.37. The van der Waals surface area contributed by atoms with E-state index in [4.69, 9.17) is 10.5 Å². The van der Waals surface area contributed by atoms with Crippen LogP contribution in [0.1, 0.15) is 247 Å². The fraction of sp³-hybridized carbons (Fsp3) is 0.442. The Morgan fingerprint density at radius 2 is 0.603 bits per heavy atom. The molecule has 4 atom stereocenters. The fourth-order valence-corrected chi connectivity index (χ4v) is 22.5. The molecular formula is C113H139N11O22. The monoisotopic (exact) mass is 2000 g/mol. The van der Waals surface area contributed by atoms with Crippen molar-refractivity contribution in [3.63, 3.8) is 0 Å². The number of benzene rings is 5.